The van der Waals surface area contributed by atoms with E-state index < -0.39 is 0 Å². The summed E-state index contributed by atoms with van der Waals surface area (Å²) in [6.07, 6.45) is 0.691. The molecule has 4 aromatic rings. The molecule has 1 aliphatic heterocycles. The van der Waals surface area contributed by atoms with Crippen LogP contribution in [-0.4, -0.2) is 20.8 Å². The zero-order chi connectivity index (χ0) is 23.7. The van der Waals surface area contributed by atoms with Gasteiger partial charge in [0, 0.05) is 29.5 Å². The average molecular weight is 485 g/mol. The third-order valence-corrected chi connectivity index (χ3v) is 6.88. The van der Waals surface area contributed by atoms with E-state index in [1.807, 2.05) is 41.4 Å². The van der Waals surface area contributed by atoms with Gasteiger partial charge in [-0.3, -0.25) is 0 Å². The summed E-state index contributed by atoms with van der Waals surface area (Å²) < 4.78 is 0. The molecule has 4 nitrogen and oxygen atoms in total. The fourth-order valence-electron chi connectivity index (χ4n) is 4.43. The lowest BCUT2D eigenvalue weighted by Crippen LogP contribution is -2.36. The summed E-state index contributed by atoms with van der Waals surface area (Å²) in [5, 5.41) is 12.4. The van der Waals surface area contributed by atoms with E-state index in [4.69, 9.17) is 33.9 Å². The van der Waals surface area contributed by atoms with E-state index in [9.17, 15) is 0 Å². The standard InChI is InChI=1S/C28H25ClN4S/c1-18-9-6-7-14-22(18)24-16-25(23-15-21-13-8-10-19(2)26(21)31-27(23)29)33(32-24)28(34)30-17-20-11-4-3-5-12-20/h3-15,25H,16-17H2,1-2H3,(H,30,34). The Balaban J connectivity index is 1.52. The molecule has 1 unspecified atom stereocenters. The van der Waals surface area contributed by atoms with Crippen LogP contribution in [0.2, 0.25) is 5.15 Å². The molecular weight excluding hydrogens is 460 g/mol. The van der Waals surface area contributed by atoms with Gasteiger partial charge in [0.15, 0.2) is 5.11 Å². The quantitative estimate of drug-likeness (QED) is 0.257. The van der Waals surface area contributed by atoms with Gasteiger partial charge in [0.2, 0.25) is 0 Å². The van der Waals surface area contributed by atoms with Crippen LogP contribution in [0.1, 0.15) is 40.3 Å². The number of pyridine rings is 1. The molecule has 0 bridgehead atoms. The van der Waals surface area contributed by atoms with E-state index in [0.29, 0.717) is 23.2 Å². The number of aryl methyl sites for hydroxylation is 2. The van der Waals surface area contributed by atoms with E-state index in [-0.39, 0.29) is 6.04 Å². The lowest BCUT2D eigenvalue weighted by atomic mass is 9.96. The molecule has 1 aliphatic rings. The number of nitrogens with zero attached hydrogens (tertiary/aromatic N) is 3. The number of hydrazone groups is 1. The molecule has 0 radical (unpaired) electrons. The van der Waals surface area contributed by atoms with Crippen LogP contribution in [0.5, 0.6) is 0 Å². The zero-order valence-corrected chi connectivity index (χ0v) is 20.7. The summed E-state index contributed by atoms with van der Waals surface area (Å²) in [4.78, 5) is 4.75. The van der Waals surface area contributed by atoms with E-state index in [1.165, 1.54) is 5.56 Å². The second kappa shape index (κ2) is 9.53. The van der Waals surface area contributed by atoms with Crippen molar-refractivity contribution in [2.45, 2.75) is 32.9 Å². The van der Waals surface area contributed by atoms with Gasteiger partial charge in [-0.05, 0) is 48.8 Å². The van der Waals surface area contributed by atoms with Crippen molar-refractivity contribution in [2.24, 2.45) is 5.10 Å². The number of hydrogen-bond acceptors (Lipinski definition) is 3. The Kier molecular flexibility index (Phi) is 6.31. The number of hydrogen-bond donors (Lipinski definition) is 1. The molecule has 1 N–H and O–H groups in total. The highest BCUT2D eigenvalue weighted by atomic mass is 35.5. The molecule has 0 fully saturated rings. The molecule has 34 heavy (non-hydrogen) atoms. The van der Waals surface area contributed by atoms with Crippen LogP contribution in [0, 0.1) is 13.8 Å². The third kappa shape index (κ3) is 4.41. The summed E-state index contributed by atoms with van der Waals surface area (Å²) in [6, 6.07) is 26.7. The van der Waals surface area contributed by atoms with Gasteiger partial charge in [-0.2, -0.15) is 5.10 Å². The monoisotopic (exact) mass is 484 g/mol. The predicted molar refractivity (Wildman–Crippen MR) is 144 cm³/mol. The highest BCUT2D eigenvalue weighted by Gasteiger charge is 2.33. The Morgan fingerprint density at radius 3 is 2.53 bits per heavy atom. The van der Waals surface area contributed by atoms with E-state index >= 15 is 0 Å². The van der Waals surface area contributed by atoms with Crippen molar-refractivity contribution >= 4 is 45.5 Å². The minimum Gasteiger partial charge on any atom is -0.357 e. The summed E-state index contributed by atoms with van der Waals surface area (Å²) in [5.41, 5.74) is 7.41. The van der Waals surface area contributed by atoms with E-state index in [1.54, 1.807) is 0 Å². The lowest BCUT2D eigenvalue weighted by molar-refractivity contribution is 0.363. The second-order valence-corrected chi connectivity index (χ2v) is 9.33. The fraction of sp³-hybridized carbons (Fsp3) is 0.179. The second-order valence-electron chi connectivity index (χ2n) is 8.59. The number of benzene rings is 3. The Labute approximate surface area is 210 Å². The molecule has 2 heterocycles. The highest BCUT2D eigenvalue weighted by molar-refractivity contribution is 7.80. The Bertz CT molecular complexity index is 1400. The minimum absolute atomic E-state index is 0.143. The molecule has 5 rings (SSSR count). The van der Waals surface area contributed by atoms with Gasteiger partial charge in [-0.25, -0.2) is 9.99 Å². The molecule has 0 saturated heterocycles. The number of fused-ring (bicyclic) bond motifs is 1. The molecule has 170 valence electrons. The topological polar surface area (TPSA) is 40.5 Å². The molecule has 6 heteroatoms. The largest absolute Gasteiger partial charge is 0.357 e. The van der Waals surface area contributed by atoms with Gasteiger partial charge < -0.3 is 5.32 Å². The van der Waals surface area contributed by atoms with Crippen molar-refractivity contribution in [3.63, 3.8) is 0 Å². The molecule has 3 aromatic carbocycles. The van der Waals surface area contributed by atoms with Crippen molar-refractivity contribution < 1.29 is 0 Å². The van der Waals surface area contributed by atoms with E-state index in [2.05, 4.69) is 61.6 Å². The van der Waals surface area contributed by atoms with Gasteiger partial charge >= 0.3 is 0 Å². The van der Waals surface area contributed by atoms with Crippen molar-refractivity contribution in [2.75, 3.05) is 0 Å². The normalized spacial score (nSPS) is 15.4. The number of rotatable bonds is 4. The first-order valence-electron chi connectivity index (χ1n) is 11.3. The number of halogens is 1. The van der Waals surface area contributed by atoms with Gasteiger partial charge in [0.1, 0.15) is 5.15 Å². The average Bonchev–Trinajstić information content (AvgIpc) is 3.29. The van der Waals surface area contributed by atoms with Gasteiger partial charge in [0.25, 0.3) is 0 Å². The van der Waals surface area contributed by atoms with Gasteiger partial charge in [-0.15, -0.1) is 0 Å². The molecule has 1 atom stereocenters. The highest BCUT2D eigenvalue weighted by Crippen LogP contribution is 2.38. The van der Waals surface area contributed by atoms with Gasteiger partial charge in [0.05, 0.1) is 17.3 Å². The SMILES string of the molecule is Cc1ccccc1C1=NN(C(=S)NCc2ccccc2)C(c2cc3cccc(C)c3nc2Cl)C1. The Morgan fingerprint density at radius 1 is 1.00 bits per heavy atom. The third-order valence-electron chi connectivity index (χ3n) is 6.25. The lowest BCUT2D eigenvalue weighted by Gasteiger charge is -2.25. The predicted octanol–water partition coefficient (Wildman–Crippen LogP) is 6.73. The van der Waals surface area contributed by atoms with Crippen LogP contribution in [0.15, 0.2) is 84.0 Å². The van der Waals surface area contributed by atoms with Crippen LogP contribution < -0.4 is 5.32 Å². The van der Waals surface area contributed by atoms with E-state index in [0.717, 1.165) is 38.9 Å². The molecule has 1 aromatic heterocycles. The van der Waals surface area contributed by atoms with Crippen LogP contribution in [0.25, 0.3) is 10.9 Å². The minimum atomic E-state index is -0.143. The maximum atomic E-state index is 6.77. The number of nitrogens with one attached hydrogen (secondary N) is 1. The first kappa shape index (κ1) is 22.5. The summed E-state index contributed by atoms with van der Waals surface area (Å²) in [5.74, 6) is 0. The Morgan fingerprint density at radius 2 is 1.74 bits per heavy atom. The Hall–Kier alpha value is -3.28. The summed E-state index contributed by atoms with van der Waals surface area (Å²) in [6.45, 7) is 4.78. The van der Waals surface area contributed by atoms with Gasteiger partial charge in [-0.1, -0.05) is 84.4 Å². The molecule has 0 aliphatic carbocycles. The van der Waals surface area contributed by atoms with Crippen LogP contribution in [0.3, 0.4) is 0 Å². The maximum Gasteiger partial charge on any atom is 0.190 e. The first-order chi connectivity index (χ1) is 16.5. The van der Waals surface area contributed by atoms with Crippen molar-refractivity contribution in [1.29, 1.82) is 0 Å². The smallest absolute Gasteiger partial charge is 0.190 e. The summed E-state index contributed by atoms with van der Waals surface area (Å²) in [7, 11) is 0. The molecule has 0 saturated carbocycles. The fourth-order valence-corrected chi connectivity index (χ4v) is 4.93. The van der Waals surface area contributed by atoms with Crippen LogP contribution in [0.4, 0.5) is 0 Å². The van der Waals surface area contributed by atoms with Crippen LogP contribution >= 0.6 is 23.8 Å². The molecule has 0 amide bonds. The van der Waals surface area contributed by atoms with Crippen molar-refractivity contribution in [3.8, 4) is 0 Å². The maximum absolute atomic E-state index is 6.77. The summed E-state index contributed by atoms with van der Waals surface area (Å²) >= 11 is 12.6. The number of thiocarbonyl (C=S) groups is 1. The van der Waals surface area contributed by atoms with Crippen molar-refractivity contribution in [1.82, 2.24) is 15.3 Å². The number of para-hydroxylation sites is 1. The first-order valence-corrected chi connectivity index (χ1v) is 12.1. The molecular formula is C28H25ClN4S. The zero-order valence-electron chi connectivity index (χ0n) is 19.1. The number of aromatic nitrogens is 1. The van der Waals surface area contributed by atoms with Crippen LogP contribution in [-0.2, 0) is 6.54 Å². The molecule has 0 spiro atoms. The van der Waals surface area contributed by atoms with Crippen molar-refractivity contribution in [3.05, 3.63) is 112 Å².